The summed E-state index contributed by atoms with van der Waals surface area (Å²) in [5, 5.41) is 25.8. The molecule has 0 atom stereocenters. The smallest absolute Gasteiger partial charge is 0.323 e. The number of halogens is 3. The summed E-state index contributed by atoms with van der Waals surface area (Å²) in [4.78, 5) is 21.6. The minimum Gasteiger partial charge on any atom is -0.492 e. The standard InChI is InChI=1S/C40H41Cl3N4O6S/c1-40(2,39(49)50)46-21-28-19-34(41)38(47-37(28)52-23-25-18-30(54-3)22-45-20-25)53-24-27-6-4-8-32(35(27)42)33-9-5-7-31(36(33)43)26-10-12-29(13-11-26)51-17-15-44-14-16-48/h4-13,18-20,22,44,46,48H,14-17,21,23-24H2,1-3H3,(H,49,50). The number of aliphatic hydroxyl groups excluding tert-OH is 1. The SMILES string of the molecule is CSc1cncc(COc2nc(OCc3cccc(-c4cccc(-c5ccc(OCCNCCO)cc5)c4Cl)c3Cl)c(Cl)cc2CNC(C)(C)C(=O)O)c1. The van der Waals surface area contributed by atoms with Gasteiger partial charge in [0.2, 0.25) is 11.8 Å². The van der Waals surface area contributed by atoms with Gasteiger partial charge in [-0.3, -0.25) is 15.1 Å². The van der Waals surface area contributed by atoms with E-state index in [0.29, 0.717) is 40.9 Å². The summed E-state index contributed by atoms with van der Waals surface area (Å²) < 4.78 is 18.1. The van der Waals surface area contributed by atoms with Crippen LogP contribution in [0.3, 0.4) is 0 Å². The third-order valence-electron chi connectivity index (χ3n) is 8.35. The molecule has 54 heavy (non-hydrogen) atoms. The molecule has 2 aromatic heterocycles. The van der Waals surface area contributed by atoms with E-state index in [1.165, 1.54) is 0 Å². The molecule has 0 saturated carbocycles. The van der Waals surface area contributed by atoms with Crippen molar-refractivity contribution in [3.8, 4) is 39.8 Å². The molecular weight excluding hydrogens is 771 g/mol. The van der Waals surface area contributed by atoms with Gasteiger partial charge in [0, 0.05) is 70.3 Å². The molecule has 0 aliphatic carbocycles. The maximum absolute atomic E-state index is 11.8. The first-order valence-corrected chi connectivity index (χ1v) is 19.4. The van der Waals surface area contributed by atoms with E-state index in [-0.39, 0.29) is 43.1 Å². The molecular formula is C40H41Cl3N4O6S. The molecule has 0 aliphatic heterocycles. The molecule has 0 spiro atoms. The van der Waals surface area contributed by atoms with Crippen LogP contribution in [0.4, 0.5) is 0 Å². The van der Waals surface area contributed by atoms with Crippen molar-refractivity contribution >= 4 is 52.5 Å². The van der Waals surface area contributed by atoms with Crippen LogP contribution < -0.4 is 24.8 Å². The molecule has 0 fully saturated rings. The van der Waals surface area contributed by atoms with Gasteiger partial charge in [-0.1, -0.05) is 83.3 Å². The molecule has 10 nitrogen and oxygen atoms in total. The molecule has 2 heterocycles. The zero-order valence-corrected chi connectivity index (χ0v) is 33.1. The maximum atomic E-state index is 11.8. The molecule has 284 valence electrons. The van der Waals surface area contributed by atoms with E-state index in [1.807, 2.05) is 73.0 Å². The van der Waals surface area contributed by atoms with Crippen molar-refractivity contribution in [1.82, 2.24) is 20.6 Å². The van der Waals surface area contributed by atoms with Crippen LogP contribution in [-0.4, -0.2) is 64.2 Å². The number of hydrogen-bond acceptors (Lipinski definition) is 10. The number of pyridine rings is 2. The molecule has 0 unspecified atom stereocenters. The fraction of sp³-hybridized carbons (Fsp3) is 0.275. The second-order valence-corrected chi connectivity index (χ2v) is 14.7. The van der Waals surface area contributed by atoms with Crippen LogP contribution in [0.1, 0.15) is 30.5 Å². The molecule has 5 aromatic rings. The van der Waals surface area contributed by atoms with Crippen LogP contribution in [0, 0.1) is 0 Å². The Morgan fingerprint density at radius 1 is 0.833 bits per heavy atom. The number of hydrogen-bond donors (Lipinski definition) is 4. The minimum absolute atomic E-state index is 0.0382. The summed E-state index contributed by atoms with van der Waals surface area (Å²) in [6.45, 7) is 5.18. The van der Waals surface area contributed by atoms with Crippen molar-refractivity contribution < 1.29 is 29.2 Å². The number of carbonyl (C=O) groups is 1. The van der Waals surface area contributed by atoms with Crippen molar-refractivity contribution in [3.05, 3.63) is 117 Å². The first-order chi connectivity index (χ1) is 26.0. The maximum Gasteiger partial charge on any atom is 0.323 e. The highest BCUT2D eigenvalue weighted by molar-refractivity contribution is 7.98. The zero-order valence-electron chi connectivity index (χ0n) is 30.0. The first kappa shape index (κ1) is 41.1. The van der Waals surface area contributed by atoms with Crippen molar-refractivity contribution in [2.45, 2.75) is 44.0 Å². The Kier molecular flexibility index (Phi) is 14.8. The molecule has 0 bridgehead atoms. The number of rotatable bonds is 19. The Morgan fingerprint density at radius 2 is 1.54 bits per heavy atom. The van der Waals surface area contributed by atoms with E-state index in [0.717, 1.165) is 38.5 Å². The van der Waals surface area contributed by atoms with E-state index < -0.39 is 11.5 Å². The summed E-state index contributed by atoms with van der Waals surface area (Å²) in [6.07, 6.45) is 5.45. The number of nitrogens with zero attached hydrogens (tertiary/aromatic N) is 2. The van der Waals surface area contributed by atoms with Gasteiger partial charge in [-0.15, -0.1) is 11.8 Å². The van der Waals surface area contributed by atoms with Crippen LogP contribution in [-0.2, 0) is 24.6 Å². The fourth-order valence-electron chi connectivity index (χ4n) is 5.23. The lowest BCUT2D eigenvalue weighted by molar-refractivity contribution is -0.143. The summed E-state index contributed by atoms with van der Waals surface area (Å²) in [6, 6.07) is 22.7. The van der Waals surface area contributed by atoms with Crippen molar-refractivity contribution in [2.24, 2.45) is 0 Å². The summed E-state index contributed by atoms with van der Waals surface area (Å²) >= 11 is 22.3. The number of ether oxygens (including phenoxy) is 3. The summed E-state index contributed by atoms with van der Waals surface area (Å²) in [5.74, 6) is 0.0818. The van der Waals surface area contributed by atoms with Crippen LogP contribution in [0.25, 0.3) is 22.3 Å². The van der Waals surface area contributed by atoms with Gasteiger partial charge in [0.15, 0.2) is 0 Å². The van der Waals surface area contributed by atoms with Gasteiger partial charge in [0.1, 0.15) is 36.1 Å². The van der Waals surface area contributed by atoms with E-state index in [1.54, 1.807) is 44.1 Å². The lowest BCUT2D eigenvalue weighted by atomic mass is 9.97. The summed E-state index contributed by atoms with van der Waals surface area (Å²) in [7, 11) is 0. The quantitative estimate of drug-likeness (QED) is 0.0472. The number of aromatic nitrogens is 2. The monoisotopic (exact) mass is 810 g/mol. The molecule has 0 radical (unpaired) electrons. The van der Waals surface area contributed by atoms with Crippen LogP contribution in [0.5, 0.6) is 17.5 Å². The molecule has 0 saturated heterocycles. The van der Waals surface area contributed by atoms with Crippen molar-refractivity contribution in [1.29, 1.82) is 0 Å². The van der Waals surface area contributed by atoms with Gasteiger partial charge in [0.25, 0.3) is 0 Å². The Labute approximate surface area is 334 Å². The van der Waals surface area contributed by atoms with E-state index >= 15 is 0 Å². The molecule has 14 heteroatoms. The van der Waals surface area contributed by atoms with Gasteiger partial charge >= 0.3 is 5.97 Å². The Hall–Kier alpha value is -4.07. The average molecular weight is 812 g/mol. The predicted molar refractivity (Wildman–Crippen MR) is 215 cm³/mol. The Balaban J connectivity index is 1.35. The third kappa shape index (κ3) is 10.8. The van der Waals surface area contributed by atoms with Gasteiger partial charge in [-0.05, 0) is 49.9 Å². The highest BCUT2D eigenvalue weighted by atomic mass is 35.5. The fourth-order valence-corrected chi connectivity index (χ4v) is 6.51. The first-order valence-electron chi connectivity index (χ1n) is 17.0. The Bertz CT molecular complexity index is 2050. The molecule has 0 amide bonds. The topological polar surface area (TPSA) is 135 Å². The minimum atomic E-state index is -1.21. The number of nitrogens with one attached hydrogen (secondary N) is 2. The van der Waals surface area contributed by atoms with Crippen LogP contribution in [0.2, 0.25) is 15.1 Å². The number of carboxylic acid groups (broad SMARTS) is 1. The molecule has 4 N–H and O–H groups in total. The van der Waals surface area contributed by atoms with Gasteiger partial charge in [-0.2, -0.15) is 4.98 Å². The van der Waals surface area contributed by atoms with Gasteiger partial charge < -0.3 is 29.7 Å². The molecule has 3 aromatic carbocycles. The Morgan fingerprint density at radius 3 is 2.26 bits per heavy atom. The van der Waals surface area contributed by atoms with Crippen LogP contribution in [0.15, 0.2) is 90.1 Å². The largest absolute Gasteiger partial charge is 0.492 e. The zero-order chi connectivity index (χ0) is 38.7. The van der Waals surface area contributed by atoms with Gasteiger partial charge in [0.05, 0.1) is 16.7 Å². The summed E-state index contributed by atoms with van der Waals surface area (Å²) in [5.41, 5.74) is 4.10. The van der Waals surface area contributed by atoms with Gasteiger partial charge in [-0.25, -0.2) is 0 Å². The van der Waals surface area contributed by atoms with Crippen molar-refractivity contribution in [3.63, 3.8) is 0 Å². The number of carboxylic acids is 1. The van der Waals surface area contributed by atoms with Crippen LogP contribution >= 0.6 is 46.6 Å². The third-order valence-corrected chi connectivity index (χ3v) is 10.2. The average Bonchev–Trinajstić information content (AvgIpc) is 3.17. The predicted octanol–water partition coefficient (Wildman–Crippen LogP) is 8.56. The lowest BCUT2D eigenvalue weighted by Crippen LogP contribution is -2.46. The number of benzene rings is 3. The highest BCUT2D eigenvalue weighted by Gasteiger charge is 2.27. The second kappa shape index (κ2) is 19.5. The molecule has 0 aliphatic rings. The normalized spacial score (nSPS) is 11.4. The number of aliphatic carboxylic acids is 1. The number of thioether (sulfide) groups is 1. The highest BCUT2D eigenvalue weighted by Crippen LogP contribution is 2.41. The van der Waals surface area contributed by atoms with E-state index in [2.05, 4.69) is 20.6 Å². The number of aliphatic hydroxyl groups is 1. The van der Waals surface area contributed by atoms with E-state index in [4.69, 9.17) is 54.1 Å². The van der Waals surface area contributed by atoms with E-state index in [9.17, 15) is 9.90 Å². The molecule has 5 rings (SSSR count). The lowest BCUT2D eigenvalue weighted by Gasteiger charge is -2.22. The van der Waals surface area contributed by atoms with Crippen molar-refractivity contribution in [2.75, 3.05) is 32.6 Å². The second-order valence-electron chi connectivity index (χ2n) is 12.6.